The molecule has 0 aliphatic carbocycles. The summed E-state index contributed by atoms with van der Waals surface area (Å²) in [4.78, 5) is 40.3. The molecular formula is C46H38F3N7O6S. The van der Waals surface area contributed by atoms with Gasteiger partial charge in [0, 0.05) is 45.8 Å². The minimum Gasteiger partial charge on any atom is -0.394 e. The molecule has 1 aliphatic rings. The Morgan fingerprint density at radius 2 is 1.65 bits per heavy atom. The topological polar surface area (TPSA) is 198 Å². The number of nitrogens with two attached hydrogens (primary N) is 1. The van der Waals surface area contributed by atoms with E-state index in [0.29, 0.717) is 63.6 Å². The van der Waals surface area contributed by atoms with Crippen LogP contribution in [-0.2, 0) is 10.9 Å². The number of alkyl halides is 3. The monoisotopic (exact) mass is 873 g/mol. The molecule has 3 aromatic heterocycles. The van der Waals surface area contributed by atoms with Crippen molar-refractivity contribution in [2.45, 2.75) is 43.6 Å². The van der Waals surface area contributed by atoms with E-state index in [9.17, 15) is 38.1 Å². The van der Waals surface area contributed by atoms with Gasteiger partial charge in [-0.2, -0.15) is 13.2 Å². The van der Waals surface area contributed by atoms with E-state index < -0.39 is 48.7 Å². The van der Waals surface area contributed by atoms with Crippen LogP contribution in [0.5, 0.6) is 0 Å². The summed E-state index contributed by atoms with van der Waals surface area (Å²) in [5.41, 5.74) is 9.71. The predicted octanol–water partition coefficient (Wildman–Crippen LogP) is 6.97. The average Bonchev–Trinajstić information content (AvgIpc) is 3.97. The molecule has 4 aromatic carbocycles. The van der Waals surface area contributed by atoms with E-state index in [1.54, 1.807) is 54.6 Å². The van der Waals surface area contributed by atoms with Crippen molar-refractivity contribution >= 4 is 50.7 Å². The quantitative estimate of drug-likeness (QED) is 0.0421. The van der Waals surface area contributed by atoms with Crippen molar-refractivity contribution in [1.29, 1.82) is 0 Å². The molecule has 8 rings (SSSR count). The second-order valence-electron chi connectivity index (χ2n) is 14.5. The minimum absolute atomic E-state index is 0.116. The second kappa shape index (κ2) is 18.2. The van der Waals surface area contributed by atoms with Gasteiger partial charge in [0.05, 0.1) is 29.1 Å². The molecule has 0 unspecified atom stereocenters. The summed E-state index contributed by atoms with van der Waals surface area (Å²) < 4.78 is 48.5. The standard InChI is InChI=1S/C46H38F3N7O6S/c47-46(48,49)31-12-7-11-30(22-31)34-35(37(58)27-9-4-1-5-10-27)41(50)63-40(34)28-15-17-29(18-16-28)44(61)51-21-6-2-3-8-26-13-19-32(20-14-26)55-42-36-43(53-24-52-42)56(25-54-36)45-39(60)38(59)33(23-57)62-45/h1,4-5,7,9-20,22,24-25,33,38-39,45,57,59-60H,2,6,21,23,50H2,(H,51,61)(H,52,53,55)/t33-,38-,39-,45-/m1/s1. The number of nitrogens with one attached hydrogen (secondary N) is 2. The van der Waals surface area contributed by atoms with Gasteiger partial charge in [0.15, 0.2) is 29.0 Å². The Morgan fingerprint density at radius 1 is 0.889 bits per heavy atom. The molecule has 7 N–H and O–H groups in total. The molecule has 0 saturated carbocycles. The Morgan fingerprint density at radius 3 is 2.37 bits per heavy atom. The normalized spacial score (nSPS) is 17.3. The van der Waals surface area contributed by atoms with Gasteiger partial charge in [-0.15, -0.1) is 11.3 Å². The van der Waals surface area contributed by atoms with Crippen LogP contribution in [0.3, 0.4) is 0 Å². The maximum absolute atomic E-state index is 13.8. The number of fused-ring (bicyclic) bond motifs is 1. The van der Waals surface area contributed by atoms with Crippen LogP contribution < -0.4 is 16.4 Å². The van der Waals surface area contributed by atoms with E-state index in [2.05, 4.69) is 37.4 Å². The number of rotatable bonds is 12. The average molecular weight is 874 g/mol. The number of halogens is 3. The van der Waals surface area contributed by atoms with Crippen LogP contribution in [0.1, 0.15) is 56.5 Å². The number of unbranched alkanes of at least 4 members (excludes halogenated alkanes) is 1. The van der Waals surface area contributed by atoms with Crippen molar-refractivity contribution in [3.63, 3.8) is 0 Å². The van der Waals surface area contributed by atoms with E-state index in [0.717, 1.165) is 29.0 Å². The van der Waals surface area contributed by atoms with Crippen molar-refractivity contribution in [3.8, 4) is 33.4 Å². The predicted molar refractivity (Wildman–Crippen MR) is 231 cm³/mol. The number of amides is 1. The fraction of sp³-hybridized carbons (Fsp3) is 0.196. The van der Waals surface area contributed by atoms with Crippen molar-refractivity contribution in [3.05, 3.63) is 144 Å². The fourth-order valence-corrected chi connectivity index (χ4v) is 8.26. The lowest BCUT2D eigenvalue weighted by Crippen LogP contribution is -2.33. The number of thiophene rings is 1. The number of benzene rings is 4. The SMILES string of the molecule is Nc1sc(-c2ccc(C(=O)NCCCC#Cc3ccc(Nc4ncnc5c4ncn5[C@@H]4O[C@H](CO)[C@@H](O)[C@H]4O)cc3)cc2)c(-c2cccc(C(F)(F)F)c2)c1C(=O)c1ccccc1. The third-order valence-electron chi connectivity index (χ3n) is 10.4. The maximum atomic E-state index is 13.8. The van der Waals surface area contributed by atoms with Crippen molar-refractivity contribution < 1.29 is 42.8 Å². The lowest BCUT2D eigenvalue weighted by molar-refractivity contribution is -0.137. The van der Waals surface area contributed by atoms with Gasteiger partial charge in [-0.25, -0.2) is 15.0 Å². The van der Waals surface area contributed by atoms with Crippen LogP contribution in [0, 0.1) is 11.8 Å². The van der Waals surface area contributed by atoms with Crippen LogP contribution in [0.25, 0.3) is 32.7 Å². The van der Waals surface area contributed by atoms with Crippen molar-refractivity contribution in [2.75, 3.05) is 24.2 Å². The number of ketones is 1. The first-order valence-electron chi connectivity index (χ1n) is 19.7. The highest BCUT2D eigenvalue weighted by Crippen LogP contribution is 2.47. The van der Waals surface area contributed by atoms with E-state index >= 15 is 0 Å². The molecule has 7 aromatic rings. The summed E-state index contributed by atoms with van der Waals surface area (Å²) in [5, 5.41) is 36.4. The van der Waals surface area contributed by atoms with Gasteiger partial charge in [0.1, 0.15) is 24.6 Å². The molecule has 0 bridgehead atoms. The summed E-state index contributed by atoms with van der Waals surface area (Å²) in [6.07, 6.45) is -5.23. The number of anilines is 3. The fourth-order valence-electron chi connectivity index (χ4n) is 7.17. The van der Waals surface area contributed by atoms with Crippen molar-refractivity contribution in [1.82, 2.24) is 24.8 Å². The van der Waals surface area contributed by atoms with Crippen LogP contribution >= 0.6 is 11.3 Å². The zero-order valence-electron chi connectivity index (χ0n) is 33.1. The number of nitrogen functional groups attached to an aromatic ring is 1. The molecule has 13 nitrogen and oxygen atoms in total. The van der Waals surface area contributed by atoms with E-state index in [-0.39, 0.29) is 27.6 Å². The highest BCUT2D eigenvalue weighted by molar-refractivity contribution is 7.20. The third kappa shape index (κ3) is 9.02. The van der Waals surface area contributed by atoms with Gasteiger partial charge in [-0.1, -0.05) is 66.4 Å². The number of ether oxygens (including phenoxy) is 1. The molecule has 1 amide bonds. The smallest absolute Gasteiger partial charge is 0.394 e. The number of imidazole rings is 1. The number of aromatic nitrogens is 4. The van der Waals surface area contributed by atoms with Crippen molar-refractivity contribution in [2.24, 2.45) is 0 Å². The maximum Gasteiger partial charge on any atom is 0.416 e. The molecule has 1 aliphatic heterocycles. The molecule has 1 saturated heterocycles. The van der Waals surface area contributed by atoms with Gasteiger partial charge in [0.25, 0.3) is 5.91 Å². The van der Waals surface area contributed by atoms with Gasteiger partial charge in [-0.05, 0) is 66.1 Å². The van der Waals surface area contributed by atoms with Gasteiger partial charge in [0.2, 0.25) is 0 Å². The van der Waals surface area contributed by atoms with Gasteiger partial charge in [-0.3, -0.25) is 14.2 Å². The van der Waals surface area contributed by atoms with E-state index in [1.807, 2.05) is 24.3 Å². The largest absolute Gasteiger partial charge is 0.416 e. The highest BCUT2D eigenvalue weighted by Gasteiger charge is 2.44. The Kier molecular flexibility index (Phi) is 12.3. The number of aliphatic hydroxyl groups is 3. The van der Waals surface area contributed by atoms with Crippen LogP contribution in [-0.4, -0.2) is 78.0 Å². The summed E-state index contributed by atoms with van der Waals surface area (Å²) in [6, 6.07) is 27.1. The molecule has 320 valence electrons. The van der Waals surface area contributed by atoms with E-state index in [1.165, 1.54) is 29.4 Å². The van der Waals surface area contributed by atoms with Gasteiger partial charge < -0.3 is 36.4 Å². The summed E-state index contributed by atoms with van der Waals surface area (Å²) >= 11 is 1.10. The number of hydrogen-bond acceptors (Lipinski definition) is 12. The Hall–Kier alpha value is -6.94. The number of aliphatic hydroxyl groups excluding tert-OH is 3. The number of nitrogens with zero attached hydrogens (tertiary/aromatic N) is 4. The van der Waals surface area contributed by atoms with Crippen LogP contribution in [0.2, 0.25) is 0 Å². The highest BCUT2D eigenvalue weighted by atomic mass is 32.1. The molecule has 4 atom stereocenters. The second-order valence-corrected chi connectivity index (χ2v) is 15.6. The van der Waals surface area contributed by atoms with E-state index in [4.69, 9.17) is 10.5 Å². The van der Waals surface area contributed by atoms with Crippen LogP contribution in [0.4, 0.5) is 29.7 Å². The third-order valence-corrected chi connectivity index (χ3v) is 11.4. The molecule has 17 heteroatoms. The number of carbonyl (C=O) groups is 2. The zero-order chi connectivity index (χ0) is 44.3. The molecule has 0 radical (unpaired) electrons. The minimum atomic E-state index is -4.60. The Balaban J connectivity index is 0.875. The molecule has 1 fully saturated rings. The van der Waals surface area contributed by atoms with Gasteiger partial charge >= 0.3 is 6.18 Å². The molecule has 4 heterocycles. The summed E-state index contributed by atoms with van der Waals surface area (Å²) in [7, 11) is 0. The summed E-state index contributed by atoms with van der Waals surface area (Å²) in [5.74, 6) is 5.91. The first kappa shape index (κ1) is 42.7. The molecule has 63 heavy (non-hydrogen) atoms. The first-order chi connectivity index (χ1) is 30.4. The molecular weight excluding hydrogens is 836 g/mol. The first-order valence-corrected chi connectivity index (χ1v) is 20.5. The number of hydrogen-bond donors (Lipinski definition) is 6. The Labute approximate surface area is 362 Å². The molecule has 0 spiro atoms. The number of carbonyl (C=O) groups excluding carboxylic acids is 2. The Bertz CT molecular complexity index is 2840. The zero-order valence-corrected chi connectivity index (χ0v) is 33.9. The lowest BCUT2D eigenvalue weighted by Gasteiger charge is -2.16. The van der Waals surface area contributed by atoms with Crippen LogP contribution in [0.15, 0.2) is 116 Å². The summed E-state index contributed by atoms with van der Waals surface area (Å²) in [6.45, 7) is -0.0938. The lowest BCUT2D eigenvalue weighted by atomic mass is 9.92.